The van der Waals surface area contributed by atoms with Crippen molar-refractivity contribution in [3.63, 3.8) is 0 Å². The van der Waals surface area contributed by atoms with Crippen LogP contribution in [-0.4, -0.2) is 27.3 Å². The van der Waals surface area contributed by atoms with E-state index in [1.165, 1.54) is 53.4 Å². The maximum atomic E-state index is 5.07. The van der Waals surface area contributed by atoms with Crippen LogP contribution < -0.4 is 0 Å². The van der Waals surface area contributed by atoms with Crippen LogP contribution in [0.2, 0.25) is 0 Å². The summed E-state index contributed by atoms with van der Waals surface area (Å²) >= 11 is 0. The number of unbranched alkanes of at least 4 members (excludes halogenated alkanes) is 5. The van der Waals surface area contributed by atoms with E-state index in [1.807, 2.05) is 6.92 Å². The summed E-state index contributed by atoms with van der Waals surface area (Å²) in [7, 11) is 4.14. The Morgan fingerprint density at radius 2 is 1.20 bits per heavy atom. The molecule has 0 bridgehead atoms. The van der Waals surface area contributed by atoms with Crippen LogP contribution in [0.3, 0.4) is 0 Å². The lowest BCUT2D eigenvalue weighted by Gasteiger charge is -2.32. The van der Waals surface area contributed by atoms with E-state index in [0.29, 0.717) is 0 Å². The first-order valence-corrected chi connectivity index (χ1v) is 7.32. The lowest BCUT2D eigenvalue weighted by Crippen LogP contribution is -2.45. The Kier molecular flexibility index (Phi) is 12.3. The predicted octanol–water partition coefficient (Wildman–Crippen LogP) is 3.76. The summed E-state index contributed by atoms with van der Waals surface area (Å²) in [5.41, 5.74) is 0. The molecule has 0 spiro atoms. The monoisotopic (exact) mass is 294 g/mol. The molecule has 0 saturated heterocycles. The Morgan fingerprint density at radius 3 is 1.65 bits per heavy atom. The van der Waals surface area contributed by atoms with E-state index in [9.17, 15) is 0 Å². The van der Waals surface area contributed by atoms with Crippen LogP contribution in [0.5, 0.6) is 0 Å². The van der Waals surface area contributed by atoms with Gasteiger partial charge in [0.05, 0.1) is 21.3 Å². The molecule has 0 amide bonds. The highest BCUT2D eigenvalue weighted by molar-refractivity contribution is 4.64. The fourth-order valence-electron chi connectivity index (χ4n) is 2.04. The third-order valence-electron chi connectivity index (χ3n) is 3.19. The van der Waals surface area contributed by atoms with Crippen LogP contribution in [0.25, 0.3) is 0 Å². The second-order valence-electron chi connectivity index (χ2n) is 4.81. The van der Waals surface area contributed by atoms with E-state index < -0.39 is 5.97 Å². The molecule has 0 aromatic rings. The van der Waals surface area contributed by atoms with Gasteiger partial charge < -0.3 is 0 Å². The molecule has 0 aliphatic heterocycles. The molecule has 0 heterocycles. The average Bonchev–Trinajstić information content (AvgIpc) is 2.43. The average molecular weight is 294 g/mol. The van der Waals surface area contributed by atoms with E-state index in [2.05, 4.69) is 21.6 Å². The van der Waals surface area contributed by atoms with Crippen LogP contribution in [0.15, 0.2) is 0 Å². The van der Waals surface area contributed by atoms with Gasteiger partial charge in [0, 0.05) is 5.92 Å². The van der Waals surface area contributed by atoms with E-state index in [4.69, 9.17) is 14.7 Å². The van der Waals surface area contributed by atoms with Gasteiger partial charge in [-0.3, -0.25) is 0 Å². The van der Waals surface area contributed by atoms with Gasteiger partial charge in [-0.2, -0.15) is 14.7 Å². The van der Waals surface area contributed by atoms with Gasteiger partial charge in [-0.15, -0.1) is 0 Å². The van der Waals surface area contributed by atoms with Crippen molar-refractivity contribution in [2.24, 2.45) is 5.92 Å². The third-order valence-corrected chi connectivity index (χ3v) is 3.19. The van der Waals surface area contributed by atoms with Crippen LogP contribution in [-0.2, 0) is 29.3 Å². The van der Waals surface area contributed by atoms with Gasteiger partial charge >= 0.3 is 5.97 Å². The van der Waals surface area contributed by atoms with Crippen LogP contribution in [0.1, 0.15) is 58.8 Å². The molecular formula is C14H30O6. The SMILES string of the molecule is CCCCCCCCC(C)C(OOC)(OOC)OOC. The summed E-state index contributed by atoms with van der Waals surface area (Å²) in [4.78, 5) is 29.3. The van der Waals surface area contributed by atoms with E-state index in [0.717, 1.165) is 12.8 Å². The zero-order valence-electron chi connectivity index (χ0n) is 13.5. The number of rotatable bonds is 14. The van der Waals surface area contributed by atoms with Crippen molar-refractivity contribution < 1.29 is 29.3 Å². The van der Waals surface area contributed by atoms with Crippen LogP contribution in [0.4, 0.5) is 0 Å². The lowest BCUT2D eigenvalue weighted by atomic mass is 10.00. The summed E-state index contributed by atoms with van der Waals surface area (Å²) in [5.74, 6) is -1.63. The fourth-order valence-corrected chi connectivity index (χ4v) is 2.04. The summed E-state index contributed by atoms with van der Waals surface area (Å²) < 4.78 is 0. The molecule has 1 atom stereocenters. The van der Waals surface area contributed by atoms with Crippen molar-refractivity contribution in [1.29, 1.82) is 0 Å². The standard InChI is InChI=1S/C14H30O6/c1-6-7-8-9-10-11-12-13(2)14(18-15-3,19-16-4)20-17-5/h13H,6-12H2,1-5H3. The molecule has 0 saturated carbocycles. The van der Waals surface area contributed by atoms with Crippen molar-refractivity contribution in [3.05, 3.63) is 0 Å². The highest BCUT2D eigenvalue weighted by Crippen LogP contribution is 2.30. The Morgan fingerprint density at radius 1 is 0.750 bits per heavy atom. The van der Waals surface area contributed by atoms with E-state index in [1.54, 1.807) is 0 Å². The molecule has 0 N–H and O–H groups in total. The molecule has 6 nitrogen and oxygen atoms in total. The maximum absolute atomic E-state index is 5.07. The Labute approximate surface area is 122 Å². The number of hydrogen-bond donors (Lipinski definition) is 0. The third kappa shape index (κ3) is 7.52. The summed E-state index contributed by atoms with van der Waals surface area (Å²) in [6.07, 6.45) is 8.16. The minimum absolute atomic E-state index is 0.117. The second-order valence-corrected chi connectivity index (χ2v) is 4.81. The molecule has 0 aliphatic carbocycles. The molecule has 122 valence electrons. The first kappa shape index (κ1) is 19.8. The van der Waals surface area contributed by atoms with Crippen molar-refractivity contribution in [1.82, 2.24) is 0 Å². The first-order valence-electron chi connectivity index (χ1n) is 7.32. The maximum Gasteiger partial charge on any atom is 0.367 e. The number of hydrogen-bond acceptors (Lipinski definition) is 6. The van der Waals surface area contributed by atoms with Gasteiger partial charge in [-0.25, -0.2) is 14.7 Å². The van der Waals surface area contributed by atoms with Crippen molar-refractivity contribution in [2.75, 3.05) is 21.3 Å². The van der Waals surface area contributed by atoms with Crippen LogP contribution in [0, 0.1) is 5.92 Å². The predicted molar refractivity (Wildman–Crippen MR) is 74.2 cm³/mol. The second kappa shape index (κ2) is 12.5. The van der Waals surface area contributed by atoms with Gasteiger partial charge in [0.1, 0.15) is 0 Å². The molecule has 6 heteroatoms. The quantitative estimate of drug-likeness (QED) is 0.210. The first-order chi connectivity index (χ1) is 9.66. The van der Waals surface area contributed by atoms with Crippen LogP contribution >= 0.6 is 0 Å². The molecule has 20 heavy (non-hydrogen) atoms. The lowest BCUT2D eigenvalue weighted by molar-refractivity contribution is -0.634. The molecule has 0 aromatic carbocycles. The van der Waals surface area contributed by atoms with Gasteiger partial charge in [-0.05, 0) is 6.42 Å². The van der Waals surface area contributed by atoms with Crippen molar-refractivity contribution in [2.45, 2.75) is 64.8 Å². The molecule has 0 fully saturated rings. The summed E-state index contributed by atoms with van der Waals surface area (Å²) in [6.45, 7) is 4.14. The Hall–Kier alpha value is -0.240. The minimum Gasteiger partial charge on any atom is -0.235 e. The van der Waals surface area contributed by atoms with Gasteiger partial charge in [-0.1, -0.05) is 52.4 Å². The molecule has 0 aliphatic rings. The molecule has 0 aromatic heterocycles. The van der Waals surface area contributed by atoms with E-state index >= 15 is 0 Å². The smallest absolute Gasteiger partial charge is 0.235 e. The van der Waals surface area contributed by atoms with Gasteiger partial charge in [0.2, 0.25) is 0 Å². The highest BCUT2D eigenvalue weighted by Gasteiger charge is 2.44. The zero-order chi connectivity index (χ0) is 15.3. The molecule has 0 radical (unpaired) electrons. The van der Waals surface area contributed by atoms with Gasteiger partial charge in [0.15, 0.2) is 0 Å². The van der Waals surface area contributed by atoms with Crippen molar-refractivity contribution in [3.8, 4) is 0 Å². The minimum atomic E-state index is -1.51. The topological polar surface area (TPSA) is 55.4 Å². The highest BCUT2D eigenvalue weighted by atomic mass is 17.4. The Balaban J connectivity index is 4.20. The van der Waals surface area contributed by atoms with Crippen molar-refractivity contribution >= 4 is 0 Å². The Bertz CT molecular complexity index is 195. The molecular weight excluding hydrogens is 264 g/mol. The molecule has 0 rings (SSSR count). The fraction of sp³-hybridized carbons (Fsp3) is 1.00. The summed E-state index contributed by atoms with van der Waals surface area (Å²) in [6, 6.07) is 0. The largest absolute Gasteiger partial charge is 0.367 e. The van der Waals surface area contributed by atoms with E-state index in [-0.39, 0.29) is 5.92 Å². The summed E-state index contributed by atoms with van der Waals surface area (Å²) in [5, 5.41) is 0. The molecule has 1 unspecified atom stereocenters. The van der Waals surface area contributed by atoms with Gasteiger partial charge in [0.25, 0.3) is 0 Å². The normalized spacial score (nSPS) is 13.7. The zero-order valence-corrected chi connectivity index (χ0v) is 13.5.